The fourth-order valence-electron chi connectivity index (χ4n) is 5.42. The van der Waals surface area contributed by atoms with E-state index in [1.165, 1.54) is 64.2 Å². The summed E-state index contributed by atoms with van der Waals surface area (Å²) in [6, 6.07) is 4.95. The summed E-state index contributed by atoms with van der Waals surface area (Å²) < 4.78 is 6.04. The zero-order valence-corrected chi connectivity index (χ0v) is 19.1. The summed E-state index contributed by atoms with van der Waals surface area (Å²) in [4.78, 5) is 38.1. The van der Waals surface area contributed by atoms with Gasteiger partial charge in [0.25, 0.3) is 5.91 Å². The number of benzene rings is 1. The maximum absolute atomic E-state index is 12.9. The van der Waals surface area contributed by atoms with Gasteiger partial charge in [-0.05, 0) is 30.9 Å². The van der Waals surface area contributed by atoms with E-state index in [2.05, 4.69) is 5.32 Å². The summed E-state index contributed by atoms with van der Waals surface area (Å²) in [6.45, 7) is 1.00. The van der Waals surface area contributed by atoms with Crippen LogP contribution in [0.25, 0.3) is 0 Å². The molecule has 174 valence electrons. The molecule has 1 unspecified atom stereocenters. The Kier molecular flexibility index (Phi) is 7.82. The molecule has 0 spiro atoms. The molecule has 6 nitrogen and oxygen atoms in total. The molecule has 1 atom stereocenters. The largest absolute Gasteiger partial charge is 0.493 e. The zero-order chi connectivity index (χ0) is 22.3. The molecule has 0 bridgehead atoms. The van der Waals surface area contributed by atoms with E-state index in [-0.39, 0.29) is 24.1 Å². The van der Waals surface area contributed by atoms with Crippen LogP contribution in [0.1, 0.15) is 99.4 Å². The number of unbranched alkanes of at least 4 members (excludes halogenated alkanes) is 4. The number of nitrogens with one attached hydrogen (secondary N) is 1. The number of piperidine rings is 1. The molecule has 32 heavy (non-hydrogen) atoms. The molecule has 6 heteroatoms. The maximum Gasteiger partial charge on any atom is 0.255 e. The smallest absolute Gasteiger partial charge is 0.255 e. The fraction of sp³-hybridized carbons (Fsp3) is 0.654. The molecule has 3 aliphatic rings. The molecule has 1 aromatic rings. The first-order valence-corrected chi connectivity index (χ1v) is 12.5. The van der Waals surface area contributed by atoms with Crippen LogP contribution in [0.3, 0.4) is 0 Å². The van der Waals surface area contributed by atoms with Crippen LogP contribution in [0.5, 0.6) is 5.75 Å². The summed E-state index contributed by atoms with van der Waals surface area (Å²) >= 11 is 0. The van der Waals surface area contributed by atoms with Gasteiger partial charge in [-0.2, -0.15) is 0 Å². The third-order valence-corrected chi connectivity index (χ3v) is 7.28. The van der Waals surface area contributed by atoms with E-state index in [0.717, 1.165) is 23.7 Å². The lowest BCUT2D eigenvalue weighted by molar-refractivity contribution is -0.136. The molecular weight excluding hydrogens is 404 g/mol. The molecule has 2 fully saturated rings. The van der Waals surface area contributed by atoms with E-state index >= 15 is 0 Å². The van der Waals surface area contributed by atoms with Crippen LogP contribution in [0, 0.1) is 5.92 Å². The Labute approximate surface area is 191 Å². The average molecular weight is 441 g/mol. The van der Waals surface area contributed by atoms with Gasteiger partial charge in [-0.1, -0.05) is 70.3 Å². The van der Waals surface area contributed by atoms with E-state index in [4.69, 9.17) is 4.74 Å². The van der Waals surface area contributed by atoms with Crippen molar-refractivity contribution in [3.63, 3.8) is 0 Å². The average Bonchev–Trinajstić information content (AvgIpc) is 3.13. The second-order valence-electron chi connectivity index (χ2n) is 9.59. The molecule has 1 saturated heterocycles. The van der Waals surface area contributed by atoms with Crippen molar-refractivity contribution >= 4 is 17.7 Å². The van der Waals surface area contributed by atoms with E-state index in [0.29, 0.717) is 25.1 Å². The predicted molar refractivity (Wildman–Crippen MR) is 122 cm³/mol. The highest BCUT2D eigenvalue weighted by Gasteiger charge is 2.40. The van der Waals surface area contributed by atoms with Gasteiger partial charge in [0, 0.05) is 17.5 Å². The van der Waals surface area contributed by atoms with Crippen molar-refractivity contribution in [1.82, 2.24) is 10.2 Å². The Morgan fingerprint density at radius 3 is 2.53 bits per heavy atom. The van der Waals surface area contributed by atoms with Gasteiger partial charge in [-0.15, -0.1) is 0 Å². The first-order chi connectivity index (χ1) is 15.6. The summed E-state index contributed by atoms with van der Waals surface area (Å²) in [5, 5.41) is 2.35. The number of fused-ring (bicyclic) bond motifs is 1. The summed E-state index contributed by atoms with van der Waals surface area (Å²) in [6.07, 6.45) is 15.3. The van der Waals surface area contributed by atoms with Crippen LogP contribution in [0.2, 0.25) is 0 Å². The normalized spacial score (nSPS) is 21.6. The van der Waals surface area contributed by atoms with Gasteiger partial charge in [0.05, 0.1) is 13.2 Å². The SMILES string of the molecule is O=C1CCC(N2Cc3c(OCCCCCCCC4CCCCC4)cccc3C2=O)C(=O)N1. The van der Waals surface area contributed by atoms with Gasteiger partial charge in [-0.25, -0.2) is 0 Å². The van der Waals surface area contributed by atoms with Crippen LogP contribution in [-0.2, 0) is 16.1 Å². The Bertz CT molecular complexity index is 831. The number of amides is 3. The quantitative estimate of drug-likeness (QED) is 0.421. The second kappa shape index (κ2) is 11.0. The Balaban J connectivity index is 1.19. The maximum atomic E-state index is 12.9. The number of carbonyl (C=O) groups excluding carboxylic acids is 3. The molecule has 1 aromatic carbocycles. The van der Waals surface area contributed by atoms with Crippen molar-refractivity contribution in [2.45, 2.75) is 96.1 Å². The van der Waals surface area contributed by atoms with Gasteiger partial charge in [0.15, 0.2) is 0 Å². The van der Waals surface area contributed by atoms with E-state index < -0.39 is 6.04 Å². The number of hydrogen-bond acceptors (Lipinski definition) is 4. The van der Waals surface area contributed by atoms with Crippen LogP contribution in [0.15, 0.2) is 18.2 Å². The van der Waals surface area contributed by atoms with Gasteiger partial charge >= 0.3 is 0 Å². The number of rotatable bonds is 10. The van der Waals surface area contributed by atoms with Crippen LogP contribution in [0.4, 0.5) is 0 Å². The summed E-state index contributed by atoms with van der Waals surface area (Å²) in [5.41, 5.74) is 1.46. The lowest BCUT2D eigenvalue weighted by Crippen LogP contribution is -2.52. The minimum absolute atomic E-state index is 0.155. The van der Waals surface area contributed by atoms with Gasteiger partial charge in [-0.3, -0.25) is 19.7 Å². The number of carbonyl (C=O) groups is 3. The van der Waals surface area contributed by atoms with Gasteiger partial charge in [0.1, 0.15) is 11.8 Å². The predicted octanol–water partition coefficient (Wildman–Crippen LogP) is 4.75. The van der Waals surface area contributed by atoms with Crippen molar-refractivity contribution in [3.8, 4) is 5.75 Å². The number of nitrogens with zero attached hydrogens (tertiary/aromatic N) is 1. The fourth-order valence-corrected chi connectivity index (χ4v) is 5.42. The number of imide groups is 1. The molecule has 1 N–H and O–H groups in total. The Morgan fingerprint density at radius 2 is 1.72 bits per heavy atom. The molecule has 2 heterocycles. The van der Waals surface area contributed by atoms with Crippen molar-refractivity contribution in [2.24, 2.45) is 5.92 Å². The first-order valence-electron chi connectivity index (χ1n) is 12.5. The number of ether oxygens (including phenoxy) is 1. The molecule has 3 amide bonds. The van der Waals surface area contributed by atoms with E-state index in [1.807, 2.05) is 12.1 Å². The van der Waals surface area contributed by atoms with Gasteiger partial charge in [0.2, 0.25) is 11.8 Å². The van der Waals surface area contributed by atoms with Crippen molar-refractivity contribution in [2.75, 3.05) is 6.61 Å². The van der Waals surface area contributed by atoms with Crippen LogP contribution >= 0.6 is 0 Å². The lowest BCUT2D eigenvalue weighted by Gasteiger charge is -2.29. The Morgan fingerprint density at radius 1 is 0.938 bits per heavy atom. The Hall–Kier alpha value is -2.37. The monoisotopic (exact) mass is 440 g/mol. The molecule has 2 aliphatic heterocycles. The molecular formula is C26H36N2O4. The molecule has 4 rings (SSSR count). The standard InChI is InChI=1S/C26H36N2O4/c29-24-16-15-22(25(30)27-24)28-18-21-20(26(28)31)13-9-14-23(21)32-17-8-3-1-2-5-10-19-11-6-4-7-12-19/h9,13-14,19,22H,1-8,10-12,15-18H2,(H,27,29,30). The molecule has 0 radical (unpaired) electrons. The topological polar surface area (TPSA) is 75.7 Å². The molecule has 0 aromatic heterocycles. The highest BCUT2D eigenvalue weighted by Crippen LogP contribution is 2.33. The number of hydrogen-bond donors (Lipinski definition) is 1. The summed E-state index contributed by atoms with van der Waals surface area (Å²) in [7, 11) is 0. The van der Waals surface area contributed by atoms with Crippen molar-refractivity contribution in [1.29, 1.82) is 0 Å². The minimum atomic E-state index is -0.589. The van der Waals surface area contributed by atoms with Crippen molar-refractivity contribution in [3.05, 3.63) is 29.3 Å². The van der Waals surface area contributed by atoms with E-state index in [1.54, 1.807) is 11.0 Å². The van der Waals surface area contributed by atoms with Crippen molar-refractivity contribution < 1.29 is 19.1 Å². The summed E-state index contributed by atoms with van der Waals surface area (Å²) in [5.74, 6) is 0.914. The minimum Gasteiger partial charge on any atom is -0.493 e. The third-order valence-electron chi connectivity index (χ3n) is 7.28. The van der Waals surface area contributed by atoms with Gasteiger partial charge < -0.3 is 9.64 Å². The first kappa shape index (κ1) is 22.8. The third kappa shape index (κ3) is 5.51. The van der Waals surface area contributed by atoms with Crippen LogP contribution in [-0.4, -0.2) is 35.3 Å². The molecule has 1 saturated carbocycles. The highest BCUT2D eigenvalue weighted by molar-refractivity contribution is 6.05. The highest BCUT2D eigenvalue weighted by atomic mass is 16.5. The van der Waals surface area contributed by atoms with Crippen LogP contribution < -0.4 is 10.1 Å². The zero-order valence-electron chi connectivity index (χ0n) is 19.1. The second-order valence-corrected chi connectivity index (χ2v) is 9.59. The molecule has 1 aliphatic carbocycles. The van der Waals surface area contributed by atoms with E-state index in [9.17, 15) is 14.4 Å². The lowest BCUT2D eigenvalue weighted by atomic mass is 9.85.